The average molecular weight is 324 g/mol. The molecular formula is C16H15F3N2O2. The number of nitrogens with two attached hydrogens (primary N) is 1. The zero-order valence-electron chi connectivity index (χ0n) is 12.4. The standard InChI is InChI=1S/C16H15F3N2O2/c1-10-9-11(4-5-12(10)23-16(17,18)19)15(20)6-8-22-13-3-2-7-21-14(13)15/h2-5,7,9H,6,8,20H2,1H3. The van der Waals surface area contributed by atoms with Crippen LogP contribution in [0.3, 0.4) is 0 Å². The molecule has 1 unspecified atom stereocenters. The molecule has 1 aliphatic rings. The molecule has 2 aromatic rings. The molecule has 0 bridgehead atoms. The Balaban J connectivity index is 2.01. The second-order valence-corrected chi connectivity index (χ2v) is 5.45. The molecule has 3 rings (SSSR count). The van der Waals surface area contributed by atoms with Crippen molar-refractivity contribution in [2.24, 2.45) is 5.73 Å². The first-order valence-electron chi connectivity index (χ1n) is 7.04. The number of nitrogens with zero attached hydrogens (tertiary/aromatic N) is 1. The largest absolute Gasteiger partial charge is 0.573 e. The van der Waals surface area contributed by atoms with E-state index in [-0.39, 0.29) is 5.75 Å². The highest BCUT2D eigenvalue weighted by molar-refractivity contribution is 5.47. The summed E-state index contributed by atoms with van der Waals surface area (Å²) >= 11 is 0. The van der Waals surface area contributed by atoms with Crippen LogP contribution in [0.5, 0.6) is 11.5 Å². The summed E-state index contributed by atoms with van der Waals surface area (Å²) in [5.74, 6) is 0.354. The number of fused-ring (bicyclic) bond motifs is 1. The fourth-order valence-electron chi connectivity index (χ4n) is 2.73. The number of benzene rings is 1. The van der Waals surface area contributed by atoms with Gasteiger partial charge in [0.25, 0.3) is 0 Å². The Labute approximate surface area is 131 Å². The second kappa shape index (κ2) is 5.42. The first-order valence-corrected chi connectivity index (χ1v) is 7.04. The molecule has 0 fully saturated rings. The van der Waals surface area contributed by atoms with Crippen molar-refractivity contribution in [3.8, 4) is 11.5 Å². The molecule has 1 aromatic carbocycles. The number of rotatable bonds is 2. The molecule has 1 aromatic heterocycles. The van der Waals surface area contributed by atoms with Crippen LogP contribution < -0.4 is 15.2 Å². The lowest BCUT2D eigenvalue weighted by atomic mass is 9.82. The highest BCUT2D eigenvalue weighted by Crippen LogP contribution is 2.39. The number of aryl methyl sites for hydroxylation is 1. The van der Waals surface area contributed by atoms with Crippen molar-refractivity contribution in [3.05, 3.63) is 53.3 Å². The van der Waals surface area contributed by atoms with Crippen molar-refractivity contribution in [2.45, 2.75) is 25.2 Å². The maximum absolute atomic E-state index is 12.4. The Bertz CT molecular complexity index is 734. The quantitative estimate of drug-likeness (QED) is 0.921. The SMILES string of the molecule is Cc1cc(C2(N)CCOc3cccnc32)ccc1OC(F)(F)F. The summed E-state index contributed by atoms with van der Waals surface area (Å²) in [5, 5.41) is 0. The van der Waals surface area contributed by atoms with Crippen LogP contribution in [0.1, 0.15) is 23.2 Å². The zero-order chi connectivity index (χ0) is 16.7. The number of pyridine rings is 1. The summed E-state index contributed by atoms with van der Waals surface area (Å²) in [4.78, 5) is 4.30. The summed E-state index contributed by atoms with van der Waals surface area (Å²) in [6, 6.07) is 7.95. The van der Waals surface area contributed by atoms with Gasteiger partial charge in [0.1, 0.15) is 17.2 Å². The molecule has 0 amide bonds. The Morgan fingerprint density at radius 3 is 2.78 bits per heavy atom. The Hall–Kier alpha value is -2.28. The van der Waals surface area contributed by atoms with Crippen LogP contribution in [0.2, 0.25) is 0 Å². The molecule has 1 aliphatic heterocycles. The second-order valence-electron chi connectivity index (χ2n) is 5.45. The summed E-state index contributed by atoms with van der Waals surface area (Å²) in [6.07, 6.45) is -2.63. The summed E-state index contributed by atoms with van der Waals surface area (Å²) < 4.78 is 46.7. The predicted molar refractivity (Wildman–Crippen MR) is 77.2 cm³/mol. The third-order valence-corrected chi connectivity index (χ3v) is 3.86. The highest BCUT2D eigenvalue weighted by atomic mass is 19.4. The van der Waals surface area contributed by atoms with Gasteiger partial charge >= 0.3 is 6.36 Å². The van der Waals surface area contributed by atoms with E-state index in [0.717, 1.165) is 0 Å². The van der Waals surface area contributed by atoms with Gasteiger partial charge in [-0.15, -0.1) is 13.2 Å². The minimum Gasteiger partial charge on any atom is -0.491 e. The lowest BCUT2D eigenvalue weighted by Gasteiger charge is -2.35. The number of hydrogen-bond acceptors (Lipinski definition) is 4. The molecule has 0 saturated heterocycles. The minimum absolute atomic E-state index is 0.238. The summed E-state index contributed by atoms with van der Waals surface area (Å²) in [7, 11) is 0. The molecular weight excluding hydrogens is 309 g/mol. The Kier molecular flexibility index (Phi) is 3.68. The van der Waals surface area contributed by atoms with E-state index in [2.05, 4.69) is 9.72 Å². The molecule has 0 saturated carbocycles. The molecule has 1 atom stereocenters. The minimum atomic E-state index is -4.72. The molecule has 0 radical (unpaired) electrons. The van der Waals surface area contributed by atoms with Crippen LogP contribution >= 0.6 is 0 Å². The van der Waals surface area contributed by atoms with Gasteiger partial charge in [0.05, 0.1) is 12.1 Å². The molecule has 7 heteroatoms. The summed E-state index contributed by atoms with van der Waals surface area (Å²) in [6.45, 7) is 1.96. The fraction of sp³-hybridized carbons (Fsp3) is 0.312. The van der Waals surface area contributed by atoms with Gasteiger partial charge in [0, 0.05) is 12.6 Å². The topological polar surface area (TPSA) is 57.4 Å². The van der Waals surface area contributed by atoms with E-state index >= 15 is 0 Å². The van der Waals surface area contributed by atoms with Crippen molar-refractivity contribution >= 4 is 0 Å². The van der Waals surface area contributed by atoms with Gasteiger partial charge in [-0.05, 0) is 36.2 Å². The molecule has 2 N–H and O–H groups in total. The van der Waals surface area contributed by atoms with Gasteiger partial charge in [-0.2, -0.15) is 0 Å². The average Bonchev–Trinajstić information content (AvgIpc) is 2.48. The molecule has 4 nitrogen and oxygen atoms in total. The predicted octanol–water partition coefficient (Wildman–Crippen LogP) is 3.27. The van der Waals surface area contributed by atoms with Crippen LogP contribution in [0.25, 0.3) is 0 Å². The molecule has 23 heavy (non-hydrogen) atoms. The van der Waals surface area contributed by atoms with Crippen molar-refractivity contribution in [1.82, 2.24) is 4.98 Å². The number of aromatic nitrogens is 1. The Morgan fingerprint density at radius 1 is 1.30 bits per heavy atom. The maximum Gasteiger partial charge on any atom is 0.573 e. The third kappa shape index (κ3) is 2.96. The van der Waals surface area contributed by atoms with Crippen molar-refractivity contribution in [1.29, 1.82) is 0 Å². The monoisotopic (exact) mass is 324 g/mol. The Morgan fingerprint density at radius 2 is 2.09 bits per heavy atom. The number of halogens is 3. The van der Waals surface area contributed by atoms with E-state index in [4.69, 9.17) is 10.5 Å². The van der Waals surface area contributed by atoms with Gasteiger partial charge in [0.2, 0.25) is 0 Å². The first kappa shape index (κ1) is 15.6. The van der Waals surface area contributed by atoms with Crippen LogP contribution in [0, 0.1) is 6.92 Å². The zero-order valence-corrected chi connectivity index (χ0v) is 12.4. The van der Waals surface area contributed by atoms with Gasteiger partial charge in [-0.3, -0.25) is 4.98 Å². The van der Waals surface area contributed by atoms with Crippen LogP contribution in [0.15, 0.2) is 36.5 Å². The van der Waals surface area contributed by atoms with Crippen LogP contribution in [-0.4, -0.2) is 18.0 Å². The first-order chi connectivity index (χ1) is 10.8. The van der Waals surface area contributed by atoms with E-state index in [1.807, 2.05) is 0 Å². The van der Waals surface area contributed by atoms with Gasteiger partial charge in [0.15, 0.2) is 0 Å². The summed E-state index contributed by atoms with van der Waals surface area (Å²) in [5.41, 5.74) is 7.23. The van der Waals surface area contributed by atoms with Crippen molar-refractivity contribution < 1.29 is 22.6 Å². The number of ether oxygens (including phenoxy) is 2. The number of alkyl halides is 3. The van der Waals surface area contributed by atoms with E-state index in [0.29, 0.717) is 35.6 Å². The maximum atomic E-state index is 12.4. The van der Waals surface area contributed by atoms with Gasteiger partial charge < -0.3 is 15.2 Å². The lowest BCUT2D eigenvalue weighted by Crippen LogP contribution is -2.43. The third-order valence-electron chi connectivity index (χ3n) is 3.86. The van der Waals surface area contributed by atoms with Crippen molar-refractivity contribution in [2.75, 3.05) is 6.61 Å². The molecule has 0 aliphatic carbocycles. The molecule has 0 spiro atoms. The molecule has 2 heterocycles. The lowest BCUT2D eigenvalue weighted by molar-refractivity contribution is -0.274. The van der Waals surface area contributed by atoms with E-state index in [1.54, 1.807) is 31.3 Å². The van der Waals surface area contributed by atoms with Crippen LogP contribution in [0.4, 0.5) is 13.2 Å². The molecule has 122 valence electrons. The van der Waals surface area contributed by atoms with Crippen LogP contribution in [-0.2, 0) is 5.54 Å². The van der Waals surface area contributed by atoms with Crippen molar-refractivity contribution in [3.63, 3.8) is 0 Å². The van der Waals surface area contributed by atoms with Gasteiger partial charge in [-0.1, -0.05) is 12.1 Å². The highest BCUT2D eigenvalue weighted by Gasteiger charge is 2.38. The smallest absolute Gasteiger partial charge is 0.491 e. The number of hydrogen-bond donors (Lipinski definition) is 1. The normalized spacial score (nSPS) is 20.6. The fourth-order valence-corrected chi connectivity index (χ4v) is 2.73. The van der Waals surface area contributed by atoms with Gasteiger partial charge in [-0.25, -0.2) is 0 Å². The van der Waals surface area contributed by atoms with E-state index in [9.17, 15) is 13.2 Å². The van der Waals surface area contributed by atoms with E-state index < -0.39 is 11.9 Å². The van der Waals surface area contributed by atoms with E-state index in [1.165, 1.54) is 12.1 Å².